The number of aliphatic hydroxyl groups excluding tert-OH is 1. The van der Waals surface area contributed by atoms with Gasteiger partial charge < -0.3 is 14.6 Å². The molecule has 1 N–H and O–H groups in total. The zero-order valence-electron chi connectivity index (χ0n) is 10.3. The van der Waals surface area contributed by atoms with Crippen molar-refractivity contribution in [2.45, 2.75) is 49.7 Å². The van der Waals surface area contributed by atoms with E-state index in [0.717, 1.165) is 19.3 Å². The van der Waals surface area contributed by atoms with Gasteiger partial charge in [0, 0.05) is 6.61 Å². The summed E-state index contributed by atoms with van der Waals surface area (Å²) in [5.41, 5.74) is 0. The number of aliphatic hydroxyl groups is 1. The first-order valence-corrected chi connectivity index (χ1v) is 7.84. The normalized spacial score (nSPS) is 27.1. The molecular weight excluding hydrogens is 260 g/mol. The van der Waals surface area contributed by atoms with Crippen LogP contribution in [0, 0.1) is 0 Å². The quantitative estimate of drug-likeness (QED) is 0.680. The lowest BCUT2D eigenvalue weighted by Crippen LogP contribution is -2.30. The predicted octanol–water partition coefficient (Wildman–Crippen LogP) is 0.399. The summed E-state index contributed by atoms with van der Waals surface area (Å²) < 4.78 is 38.2. The maximum atomic E-state index is 11.4. The van der Waals surface area contributed by atoms with Gasteiger partial charge in [0.2, 0.25) is 0 Å². The average molecular weight is 280 g/mol. The fourth-order valence-corrected chi connectivity index (χ4v) is 2.99. The Labute approximate surface area is 107 Å². The van der Waals surface area contributed by atoms with E-state index in [4.69, 9.17) is 13.7 Å². The third-order valence-electron chi connectivity index (χ3n) is 2.97. The smallest absolute Gasteiger partial charge is 0.270 e. The van der Waals surface area contributed by atoms with Crippen LogP contribution in [0.1, 0.15) is 32.1 Å². The van der Waals surface area contributed by atoms with Crippen molar-refractivity contribution in [3.05, 3.63) is 0 Å². The summed E-state index contributed by atoms with van der Waals surface area (Å²) in [6.45, 7) is 0.462. The maximum absolute atomic E-state index is 11.4. The zero-order valence-corrected chi connectivity index (χ0v) is 11.1. The molecule has 1 unspecified atom stereocenters. The SMILES string of the molecule is O=S(=O)(OC[C@H](O)COC1CCCCO1)C1CC1. The van der Waals surface area contributed by atoms with Crippen LogP contribution < -0.4 is 0 Å². The van der Waals surface area contributed by atoms with Crippen molar-refractivity contribution in [1.82, 2.24) is 0 Å². The second-order valence-electron chi connectivity index (χ2n) is 4.76. The fraction of sp³-hybridized carbons (Fsp3) is 1.00. The van der Waals surface area contributed by atoms with Crippen molar-refractivity contribution < 1.29 is 27.2 Å². The Hall–Kier alpha value is -0.210. The van der Waals surface area contributed by atoms with Gasteiger partial charge in [-0.05, 0) is 32.1 Å². The van der Waals surface area contributed by atoms with Gasteiger partial charge in [-0.3, -0.25) is 4.18 Å². The lowest BCUT2D eigenvalue weighted by Gasteiger charge is -2.23. The third kappa shape index (κ3) is 4.47. The van der Waals surface area contributed by atoms with Crippen molar-refractivity contribution >= 4 is 10.1 Å². The molecule has 2 aliphatic rings. The Morgan fingerprint density at radius 2 is 2.00 bits per heavy atom. The Morgan fingerprint density at radius 1 is 1.22 bits per heavy atom. The third-order valence-corrected chi connectivity index (χ3v) is 4.72. The number of hydrogen-bond acceptors (Lipinski definition) is 6. The van der Waals surface area contributed by atoms with Gasteiger partial charge in [-0.15, -0.1) is 0 Å². The molecule has 0 amide bonds. The molecule has 2 rings (SSSR count). The van der Waals surface area contributed by atoms with Gasteiger partial charge >= 0.3 is 0 Å². The van der Waals surface area contributed by atoms with Crippen LogP contribution in [-0.2, 0) is 23.8 Å². The van der Waals surface area contributed by atoms with Gasteiger partial charge in [-0.1, -0.05) is 0 Å². The van der Waals surface area contributed by atoms with E-state index in [1.807, 2.05) is 0 Å². The Kier molecular flexibility index (Phi) is 4.97. The van der Waals surface area contributed by atoms with Crippen LogP contribution in [0.4, 0.5) is 0 Å². The molecule has 1 saturated carbocycles. The van der Waals surface area contributed by atoms with Gasteiger partial charge in [0.05, 0.1) is 18.5 Å². The minimum Gasteiger partial charge on any atom is -0.388 e. The van der Waals surface area contributed by atoms with Gasteiger partial charge in [0.25, 0.3) is 10.1 Å². The highest BCUT2D eigenvalue weighted by atomic mass is 32.2. The summed E-state index contributed by atoms with van der Waals surface area (Å²) in [6.07, 6.45) is 2.99. The highest BCUT2D eigenvalue weighted by Gasteiger charge is 2.37. The van der Waals surface area contributed by atoms with Gasteiger partial charge in [-0.25, -0.2) is 0 Å². The topological polar surface area (TPSA) is 82.1 Å². The molecule has 0 aromatic heterocycles. The van der Waals surface area contributed by atoms with E-state index < -0.39 is 16.2 Å². The molecule has 106 valence electrons. The highest BCUT2D eigenvalue weighted by molar-refractivity contribution is 7.87. The lowest BCUT2D eigenvalue weighted by atomic mass is 10.2. The van der Waals surface area contributed by atoms with Crippen LogP contribution in [0.15, 0.2) is 0 Å². The fourth-order valence-electron chi connectivity index (χ4n) is 1.74. The van der Waals surface area contributed by atoms with Crippen LogP contribution >= 0.6 is 0 Å². The summed E-state index contributed by atoms with van der Waals surface area (Å²) in [6, 6.07) is 0. The minimum atomic E-state index is -3.47. The first-order valence-electron chi connectivity index (χ1n) is 6.37. The lowest BCUT2D eigenvalue weighted by molar-refractivity contribution is -0.176. The largest absolute Gasteiger partial charge is 0.388 e. The molecule has 1 aliphatic heterocycles. The van der Waals surface area contributed by atoms with E-state index in [0.29, 0.717) is 19.4 Å². The molecule has 18 heavy (non-hydrogen) atoms. The van der Waals surface area contributed by atoms with Crippen LogP contribution in [0.5, 0.6) is 0 Å². The molecule has 0 radical (unpaired) electrons. The van der Waals surface area contributed by atoms with Crippen LogP contribution in [0.2, 0.25) is 0 Å². The van der Waals surface area contributed by atoms with E-state index in [1.165, 1.54) is 0 Å². The summed E-state index contributed by atoms with van der Waals surface area (Å²) in [5.74, 6) is 0. The Balaban J connectivity index is 1.61. The monoisotopic (exact) mass is 280 g/mol. The first kappa shape index (κ1) is 14.2. The molecule has 1 saturated heterocycles. The highest BCUT2D eigenvalue weighted by Crippen LogP contribution is 2.29. The molecule has 0 aromatic rings. The van der Waals surface area contributed by atoms with Gasteiger partial charge in [0.15, 0.2) is 6.29 Å². The van der Waals surface area contributed by atoms with Crippen molar-refractivity contribution in [2.24, 2.45) is 0 Å². The number of rotatable bonds is 7. The Morgan fingerprint density at radius 3 is 2.61 bits per heavy atom. The number of hydrogen-bond donors (Lipinski definition) is 1. The van der Waals surface area contributed by atoms with E-state index in [-0.39, 0.29) is 24.8 Å². The van der Waals surface area contributed by atoms with Gasteiger partial charge in [-0.2, -0.15) is 8.42 Å². The van der Waals surface area contributed by atoms with Crippen LogP contribution in [-0.4, -0.2) is 51.0 Å². The van der Waals surface area contributed by atoms with Gasteiger partial charge in [0.1, 0.15) is 6.10 Å². The molecule has 7 heteroatoms. The zero-order chi connectivity index (χ0) is 13.0. The molecule has 0 bridgehead atoms. The van der Waals surface area contributed by atoms with E-state index >= 15 is 0 Å². The van der Waals surface area contributed by atoms with E-state index in [1.54, 1.807) is 0 Å². The molecule has 0 spiro atoms. The summed E-state index contributed by atoms with van der Waals surface area (Å²) in [5, 5.41) is 9.21. The predicted molar refractivity (Wildman–Crippen MR) is 63.4 cm³/mol. The average Bonchev–Trinajstić information content (AvgIpc) is 3.20. The second-order valence-corrected chi connectivity index (χ2v) is 6.65. The standard InChI is InChI=1S/C11H20O6S/c12-9(7-16-11-3-1-2-6-15-11)8-17-18(13,14)10-4-5-10/h9-12H,1-8H2/t9-,11?/m1/s1. The van der Waals surface area contributed by atoms with Crippen molar-refractivity contribution in [3.63, 3.8) is 0 Å². The molecule has 2 atom stereocenters. The second kappa shape index (κ2) is 6.29. The minimum absolute atomic E-state index is 0.0326. The van der Waals surface area contributed by atoms with Crippen molar-refractivity contribution in [3.8, 4) is 0 Å². The molecule has 6 nitrogen and oxygen atoms in total. The Bertz CT molecular complexity index is 345. The summed E-state index contributed by atoms with van der Waals surface area (Å²) >= 11 is 0. The number of ether oxygens (including phenoxy) is 2. The van der Waals surface area contributed by atoms with Crippen LogP contribution in [0.25, 0.3) is 0 Å². The van der Waals surface area contributed by atoms with Crippen LogP contribution in [0.3, 0.4) is 0 Å². The first-order chi connectivity index (χ1) is 8.58. The van der Waals surface area contributed by atoms with Crippen molar-refractivity contribution in [1.29, 1.82) is 0 Å². The summed E-state index contributed by atoms with van der Waals surface area (Å²) in [7, 11) is -3.47. The summed E-state index contributed by atoms with van der Waals surface area (Å²) in [4.78, 5) is 0. The molecular formula is C11H20O6S. The molecule has 0 aromatic carbocycles. The molecule has 1 aliphatic carbocycles. The molecule has 1 heterocycles. The van der Waals surface area contributed by atoms with E-state index in [9.17, 15) is 13.5 Å². The maximum Gasteiger partial charge on any atom is 0.270 e. The van der Waals surface area contributed by atoms with E-state index in [2.05, 4.69) is 0 Å². The van der Waals surface area contributed by atoms with Crippen molar-refractivity contribution in [2.75, 3.05) is 19.8 Å². The molecule has 2 fully saturated rings.